The van der Waals surface area contributed by atoms with Gasteiger partial charge in [0.25, 0.3) is 0 Å². The lowest BCUT2D eigenvalue weighted by Gasteiger charge is -2.16. The summed E-state index contributed by atoms with van der Waals surface area (Å²) in [6.45, 7) is 11.6. The molecule has 0 aromatic carbocycles. The maximum atomic E-state index is 4.54. The molecule has 0 saturated heterocycles. The summed E-state index contributed by atoms with van der Waals surface area (Å²) in [5, 5.41) is 3.33. The second-order valence-corrected chi connectivity index (χ2v) is 6.15. The highest BCUT2D eigenvalue weighted by atomic mass is 32.1. The Balaban J connectivity index is 2.38. The molecular weight excluding hydrogens is 242 g/mol. The van der Waals surface area contributed by atoms with Crippen molar-refractivity contribution in [2.75, 3.05) is 11.9 Å². The SMILES string of the molecule is CCNc1nc(C)cn1C(C)c1cc(C)sc1C. The summed E-state index contributed by atoms with van der Waals surface area (Å²) in [5.41, 5.74) is 2.46. The molecule has 18 heavy (non-hydrogen) atoms. The summed E-state index contributed by atoms with van der Waals surface area (Å²) in [5.74, 6) is 0.964. The molecule has 4 heteroatoms. The van der Waals surface area contributed by atoms with Crippen molar-refractivity contribution < 1.29 is 0 Å². The summed E-state index contributed by atoms with van der Waals surface area (Å²) in [7, 11) is 0. The molecule has 0 aliphatic carbocycles. The third-order valence-electron chi connectivity index (χ3n) is 3.13. The number of imidazole rings is 1. The zero-order valence-electron chi connectivity index (χ0n) is 11.7. The molecule has 2 rings (SSSR count). The molecule has 0 aliphatic heterocycles. The summed E-state index contributed by atoms with van der Waals surface area (Å²) in [4.78, 5) is 7.31. The van der Waals surface area contributed by atoms with Gasteiger partial charge in [-0.1, -0.05) is 0 Å². The molecule has 2 aromatic rings. The van der Waals surface area contributed by atoms with E-state index >= 15 is 0 Å². The predicted molar refractivity (Wildman–Crippen MR) is 78.7 cm³/mol. The van der Waals surface area contributed by atoms with Crippen LogP contribution in [-0.2, 0) is 0 Å². The maximum absolute atomic E-state index is 4.54. The quantitative estimate of drug-likeness (QED) is 0.906. The molecule has 3 nitrogen and oxygen atoms in total. The van der Waals surface area contributed by atoms with E-state index in [2.05, 4.69) is 54.8 Å². The molecule has 1 N–H and O–H groups in total. The second kappa shape index (κ2) is 5.14. The van der Waals surface area contributed by atoms with Crippen LogP contribution in [0.3, 0.4) is 0 Å². The molecule has 0 spiro atoms. The van der Waals surface area contributed by atoms with E-state index in [-0.39, 0.29) is 0 Å². The summed E-state index contributed by atoms with van der Waals surface area (Å²) < 4.78 is 2.23. The molecule has 98 valence electrons. The van der Waals surface area contributed by atoms with Crippen LogP contribution in [0.1, 0.15) is 40.9 Å². The number of hydrogen-bond donors (Lipinski definition) is 1. The van der Waals surface area contributed by atoms with Gasteiger partial charge >= 0.3 is 0 Å². The number of anilines is 1. The Kier molecular flexibility index (Phi) is 3.76. The van der Waals surface area contributed by atoms with Gasteiger partial charge in [0.2, 0.25) is 5.95 Å². The first-order valence-electron chi connectivity index (χ1n) is 6.39. The number of hydrogen-bond acceptors (Lipinski definition) is 3. The third-order valence-corrected chi connectivity index (χ3v) is 4.12. The highest BCUT2D eigenvalue weighted by molar-refractivity contribution is 7.12. The lowest BCUT2D eigenvalue weighted by atomic mass is 10.1. The molecule has 0 amide bonds. The monoisotopic (exact) mass is 263 g/mol. The van der Waals surface area contributed by atoms with Gasteiger partial charge < -0.3 is 9.88 Å². The van der Waals surface area contributed by atoms with E-state index in [0.717, 1.165) is 18.2 Å². The van der Waals surface area contributed by atoms with E-state index in [4.69, 9.17) is 0 Å². The highest BCUT2D eigenvalue weighted by Crippen LogP contribution is 2.30. The van der Waals surface area contributed by atoms with Gasteiger partial charge in [0.15, 0.2) is 0 Å². The number of thiophene rings is 1. The van der Waals surface area contributed by atoms with Gasteiger partial charge in [0.05, 0.1) is 11.7 Å². The Morgan fingerprint density at radius 1 is 1.39 bits per heavy atom. The van der Waals surface area contributed by atoms with Crippen molar-refractivity contribution in [1.82, 2.24) is 9.55 Å². The highest BCUT2D eigenvalue weighted by Gasteiger charge is 2.16. The Labute approximate surface area is 113 Å². The number of aromatic nitrogens is 2. The fourth-order valence-corrected chi connectivity index (χ4v) is 3.33. The lowest BCUT2D eigenvalue weighted by Crippen LogP contribution is -2.11. The topological polar surface area (TPSA) is 29.9 Å². The number of rotatable bonds is 4. The Morgan fingerprint density at radius 2 is 2.11 bits per heavy atom. The van der Waals surface area contributed by atoms with Gasteiger partial charge in [-0.05, 0) is 46.2 Å². The Bertz CT molecular complexity index is 539. The van der Waals surface area contributed by atoms with Crippen molar-refractivity contribution >= 4 is 17.3 Å². The molecule has 2 aromatic heterocycles. The van der Waals surface area contributed by atoms with Crippen LogP contribution < -0.4 is 5.32 Å². The third kappa shape index (κ3) is 2.43. The second-order valence-electron chi connectivity index (χ2n) is 4.69. The van der Waals surface area contributed by atoms with Crippen molar-refractivity contribution in [3.63, 3.8) is 0 Å². The van der Waals surface area contributed by atoms with E-state index < -0.39 is 0 Å². The first kappa shape index (κ1) is 13.1. The summed E-state index contributed by atoms with van der Waals surface area (Å²) >= 11 is 1.86. The standard InChI is InChI=1S/C14H21N3S/c1-6-15-14-16-9(2)8-17(14)11(4)13-7-10(3)18-12(13)5/h7-8,11H,6H2,1-5H3,(H,15,16). The van der Waals surface area contributed by atoms with Crippen molar-refractivity contribution in [2.45, 2.75) is 40.7 Å². The molecule has 2 heterocycles. The van der Waals surface area contributed by atoms with E-state index in [0.29, 0.717) is 6.04 Å². The summed E-state index contributed by atoms with van der Waals surface area (Å²) in [6, 6.07) is 2.61. The van der Waals surface area contributed by atoms with E-state index in [1.807, 2.05) is 18.3 Å². The number of nitrogens with zero attached hydrogens (tertiary/aromatic N) is 2. The van der Waals surface area contributed by atoms with Gasteiger partial charge in [0, 0.05) is 22.5 Å². The normalized spacial score (nSPS) is 12.7. The van der Waals surface area contributed by atoms with Gasteiger partial charge in [-0.3, -0.25) is 0 Å². The molecule has 0 aliphatic rings. The van der Waals surface area contributed by atoms with Crippen LogP contribution in [0.4, 0.5) is 5.95 Å². The molecule has 0 radical (unpaired) electrons. The van der Waals surface area contributed by atoms with Crippen molar-refractivity contribution in [3.8, 4) is 0 Å². The smallest absolute Gasteiger partial charge is 0.203 e. The largest absolute Gasteiger partial charge is 0.356 e. The van der Waals surface area contributed by atoms with E-state index in [1.54, 1.807) is 0 Å². The van der Waals surface area contributed by atoms with Crippen molar-refractivity contribution in [1.29, 1.82) is 0 Å². The van der Waals surface area contributed by atoms with Gasteiger partial charge in [-0.15, -0.1) is 11.3 Å². The Morgan fingerprint density at radius 3 is 2.67 bits per heavy atom. The van der Waals surface area contributed by atoms with Gasteiger partial charge in [-0.25, -0.2) is 4.98 Å². The van der Waals surface area contributed by atoms with Crippen LogP contribution in [-0.4, -0.2) is 16.1 Å². The van der Waals surface area contributed by atoms with Gasteiger partial charge in [-0.2, -0.15) is 0 Å². The van der Waals surface area contributed by atoms with Crippen LogP contribution in [0, 0.1) is 20.8 Å². The van der Waals surface area contributed by atoms with Gasteiger partial charge in [0.1, 0.15) is 0 Å². The molecule has 0 saturated carbocycles. The van der Waals surface area contributed by atoms with E-state index in [1.165, 1.54) is 15.3 Å². The maximum Gasteiger partial charge on any atom is 0.203 e. The van der Waals surface area contributed by atoms with Crippen molar-refractivity contribution in [2.24, 2.45) is 0 Å². The van der Waals surface area contributed by atoms with Crippen molar-refractivity contribution in [3.05, 3.63) is 33.3 Å². The van der Waals surface area contributed by atoms with Crippen LogP contribution in [0.15, 0.2) is 12.3 Å². The average Bonchev–Trinajstić information content (AvgIpc) is 2.82. The molecular formula is C14H21N3S. The van der Waals surface area contributed by atoms with Crippen LogP contribution in [0.25, 0.3) is 0 Å². The molecule has 1 unspecified atom stereocenters. The van der Waals surface area contributed by atoms with Crippen LogP contribution in [0.5, 0.6) is 0 Å². The molecule has 1 atom stereocenters. The predicted octanol–water partition coefficient (Wildman–Crippen LogP) is 3.91. The minimum atomic E-state index is 0.324. The van der Waals surface area contributed by atoms with E-state index in [9.17, 15) is 0 Å². The zero-order valence-corrected chi connectivity index (χ0v) is 12.6. The lowest BCUT2D eigenvalue weighted by molar-refractivity contribution is 0.642. The minimum absolute atomic E-state index is 0.324. The Hall–Kier alpha value is -1.29. The molecule has 0 bridgehead atoms. The van der Waals surface area contributed by atoms with Crippen LogP contribution in [0.2, 0.25) is 0 Å². The first-order chi connectivity index (χ1) is 8.52. The fraction of sp³-hybridized carbons (Fsp3) is 0.500. The first-order valence-corrected chi connectivity index (χ1v) is 7.20. The average molecular weight is 263 g/mol. The minimum Gasteiger partial charge on any atom is -0.356 e. The number of aryl methyl sites for hydroxylation is 3. The summed E-state index contributed by atoms with van der Waals surface area (Å²) in [6.07, 6.45) is 2.12. The fourth-order valence-electron chi connectivity index (χ4n) is 2.32. The van der Waals surface area contributed by atoms with Crippen LogP contribution >= 0.6 is 11.3 Å². The number of nitrogens with one attached hydrogen (secondary N) is 1. The zero-order chi connectivity index (χ0) is 13.3. The molecule has 0 fully saturated rings.